The van der Waals surface area contributed by atoms with Crippen LogP contribution in [0, 0.1) is 19.7 Å². The van der Waals surface area contributed by atoms with E-state index >= 15 is 0 Å². The molecule has 2 N–H and O–H groups in total. The maximum Gasteiger partial charge on any atom is 0.256 e. The Kier molecular flexibility index (Phi) is 2.78. The van der Waals surface area contributed by atoms with Crippen LogP contribution in [0.5, 0.6) is 0 Å². The first kappa shape index (κ1) is 12.2. The van der Waals surface area contributed by atoms with Gasteiger partial charge in [0.2, 0.25) is 0 Å². The number of carbonyl (C=O) groups is 1. The molecule has 0 fully saturated rings. The fourth-order valence-corrected chi connectivity index (χ4v) is 3.32. The molecule has 0 saturated heterocycles. The highest BCUT2D eigenvalue weighted by Crippen LogP contribution is 2.37. The van der Waals surface area contributed by atoms with Gasteiger partial charge in [-0.1, -0.05) is 18.2 Å². The van der Waals surface area contributed by atoms with Crippen molar-refractivity contribution in [2.75, 3.05) is 5.32 Å². The number of hydrogen-bond donors (Lipinski definition) is 2. The van der Waals surface area contributed by atoms with E-state index < -0.39 is 6.17 Å². The summed E-state index contributed by atoms with van der Waals surface area (Å²) in [6, 6.07) is 6.45. The van der Waals surface area contributed by atoms with Crippen LogP contribution in [-0.2, 0) is 0 Å². The monoisotopic (exact) mass is 276 g/mol. The molecular weight excluding hydrogens is 263 g/mol. The Bertz CT molecular complexity index is 665. The topological polar surface area (TPSA) is 41.1 Å². The number of thiophene rings is 1. The van der Waals surface area contributed by atoms with Crippen LogP contribution in [0.25, 0.3) is 0 Å². The zero-order valence-electron chi connectivity index (χ0n) is 10.6. The summed E-state index contributed by atoms with van der Waals surface area (Å²) in [5, 5.41) is 6.81. The van der Waals surface area contributed by atoms with Crippen LogP contribution in [0.4, 0.5) is 9.39 Å². The molecule has 1 aromatic heterocycles. The van der Waals surface area contributed by atoms with Gasteiger partial charge in [-0.05, 0) is 25.5 Å². The van der Waals surface area contributed by atoms with Gasteiger partial charge in [0.25, 0.3) is 5.91 Å². The Balaban J connectivity index is 2.02. The second-order valence-corrected chi connectivity index (χ2v) is 5.78. The summed E-state index contributed by atoms with van der Waals surface area (Å²) < 4.78 is 13.8. The minimum absolute atomic E-state index is 0.149. The Morgan fingerprint density at radius 2 is 1.95 bits per heavy atom. The van der Waals surface area contributed by atoms with Crippen LogP contribution in [0.15, 0.2) is 24.3 Å². The lowest BCUT2D eigenvalue weighted by molar-refractivity contribution is 0.0935. The number of fused-ring (bicyclic) bond motifs is 1. The molecule has 0 radical (unpaired) electrons. The first-order valence-electron chi connectivity index (χ1n) is 5.99. The van der Waals surface area contributed by atoms with Crippen LogP contribution in [0.1, 0.15) is 32.5 Å². The largest absolute Gasteiger partial charge is 0.353 e. The van der Waals surface area contributed by atoms with Gasteiger partial charge < -0.3 is 10.6 Å². The highest BCUT2D eigenvalue weighted by molar-refractivity contribution is 7.16. The van der Waals surface area contributed by atoms with Gasteiger partial charge in [0.15, 0.2) is 0 Å². The molecule has 1 atom stereocenters. The molecule has 2 heterocycles. The summed E-state index contributed by atoms with van der Waals surface area (Å²) in [5.74, 6) is -0.474. The summed E-state index contributed by atoms with van der Waals surface area (Å²) in [7, 11) is 0. The van der Waals surface area contributed by atoms with Gasteiger partial charge in [0.1, 0.15) is 17.0 Å². The normalized spacial score (nSPS) is 17.6. The third-order valence-corrected chi connectivity index (χ3v) is 4.52. The average molecular weight is 276 g/mol. The molecule has 1 amide bonds. The van der Waals surface area contributed by atoms with E-state index in [1.54, 1.807) is 18.2 Å². The van der Waals surface area contributed by atoms with Crippen LogP contribution in [0.3, 0.4) is 0 Å². The number of aryl methyl sites for hydroxylation is 1. The van der Waals surface area contributed by atoms with E-state index in [1.807, 2.05) is 13.8 Å². The first-order chi connectivity index (χ1) is 9.08. The minimum Gasteiger partial charge on any atom is -0.353 e. The summed E-state index contributed by atoms with van der Waals surface area (Å²) in [4.78, 5) is 13.2. The van der Waals surface area contributed by atoms with Crippen molar-refractivity contribution in [3.63, 3.8) is 0 Å². The summed E-state index contributed by atoms with van der Waals surface area (Å²) in [6.45, 7) is 3.90. The van der Waals surface area contributed by atoms with Crippen molar-refractivity contribution in [2.24, 2.45) is 0 Å². The lowest BCUT2D eigenvalue weighted by Crippen LogP contribution is -2.38. The molecule has 0 bridgehead atoms. The molecule has 0 spiro atoms. The van der Waals surface area contributed by atoms with Crippen molar-refractivity contribution in [3.8, 4) is 0 Å². The molecule has 3 nitrogen and oxygen atoms in total. The number of carbonyl (C=O) groups excluding carboxylic acids is 1. The Hall–Kier alpha value is -1.88. The predicted molar refractivity (Wildman–Crippen MR) is 74.0 cm³/mol. The molecule has 5 heteroatoms. The second-order valence-electron chi connectivity index (χ2n) is 4.56. The summed E-state index contributed by atoms with van der Waals surface area (Å²) in [5.41, 5.74) is 2.11. The quantitative estimate of drug-likeness (QED) is 0.838. The van der Waals surface area contributed by atoms with Crippen LogP contribution >= 0.6 is 11.3 Å². The molecule has 19 heavy (non-hydrogen) atoms. The standard InChI is InChI=1S/C14H13FN2OS/c1-7-8(2)19-14-11(7)13(18)16-12(17-14)9-5-3-4-6-10(9)15/h3-6,12,17H,1-2H3,(H,16,18)/t12-/m1/s1. The van der Waals surface area contributed by atoms with E-state index in [2.05, 4.69) is 10.6 Å². The van der Waals surface area contributed by atoms with E-state index in [4.69, 9.17) is 0 Å². The Morgan fingerprint density at radius 3 is 2.68 bits per heavy atom. The average Bonchev–Trinajstić information content (AvgIpc) is 2.66. The third-order valence-electron chi connectivity index (χ3n) is 3.38. The molecular formula is C14H13FN2OS. The molecule has 1 aliphatic rings. The number of halogens is 1. The van der Waals surface area contributed by atoms with Gasteiger partial charge in [0.05, 0.1) is 5.56 Å². The Labute approximate surface area is 114 Å². The lowest BCUT2D eigenvalue weighted by Gasteiger charge is -2.26. The van der Waals surface area contributed by atoms with Crippen LogP contribution < -0.4 is 10.6 Å². The van der Waals surface area contributed by atoms with Crippen LogP contribution in [-0.4, -0.2) is 5.91 Å². The number of benzene rings is 1. The number of nitrogens with one attached hydrogen (secondary N) is 2. The van der Waals surface area contributed by atoms with Gasteiger partial charge >= 0.3 is 0 Å². The highest BCUT2D eigenvalue weighted by atomic mass is 32.1. The Morgan fingerprint density at radius 1 is 1.21 bits per heavy atom. The van der Waals surface area contributed by atoms with Crippen molar-refractivity contribution in [2.45, 2.75) is 20.0 Å². The molecule has 0 saturated carbocycles. The highest BCUT2D eigenvalue weighted by Gasteiger charge is 2.29. The van der Waals surface area contributed by atoms with E-state index in [0.717, 1.165) is 15.4 Å². The van der Waals surface area contributed by atoms with Gasteiger partial charge in [-0.15, -0.1) is 11.3 Å². The van der Waals surface area contributed by atoms with Crippen molar-refractivity contribution in [3.05, 3.63) is 51.7 Å². The zero-order valence-corrected chi connectivity index (χ0v) is 11.4. The number of anilines is 1. The second kappa shape index (κ2) is 4.35. The fourth-order valence-electron chi connectivity index (χ4n) is 2.24. The lowest BCUT2D eigenvalue weighted by atomic mass is 10.1. The zero-order chi connectivity index (χ0) is 13.6. The van der Waals surface area contributed by atoms with E-state index in [-0.39, 0.29) is 11.7 Å². The molecule has 0 aliphatic carbocycles. The predicted octanol–water partition coefficient (Wildman–Crippen LogP) is 3.36. The minimum atomic E-state index is -0.515. The molecule has 0 unspecified atom stereocenters. The van der Waals surface area contributed by atoms with Gasteiger partial charge in [-0.2, -0.15) is 0 Å². The van der Waals surface area contributed by atoms with Crippen LogP contribution in [0.2, 0.25) is 0 Å². The SMILES string of the molecule is Cc1sc2c(c1C)C(=O)N[C@@H](c1ccccc1F)N2. The van der Waals surface area contributed by atoms with E-state index in [0.29, 0.717) is 11.1 Å². The maximum absolute atomic E-state index is 13.8. The molecule has 98 valence electrons. The molecule has 1 aliphatic heterocycles. The van der Waals surface area contributed by atoms with Gasteiger partial charge in [-0.25, -0.2) is 4.39 Å². The van der Waals surface area contributed by atoms with Crippen molar-refractivity contribution >= 4 is 22.2 Å². The van der Waals surface area contributed by atoms with Crippen molar-refractivity contribution in [1.29, 1.82) is 0 Å². The molecule has 1 aromatic carbocycles. The van der Waals surface area contributed by atoms with Crippen molar-refractivity contribution < 1.29 is 9.18 Å². The van der Waals surface area contributed by atoms with E-state index in [1.165, 1.54) is 17.4 Å². The maximum atomic E-state index is 13.8. The molecule has 3 rings (SSSR count). The summed E-state index contributed by atoms with van der Waals surface area (Å²) >= 11 is 1.53. The number of amides is 1. The molecule has 2 aromatic rings. The first-order valence-corrected chi connectivity index (χ1v) is 6.81. The van der Waals surface area contributed by atoms with Gasteiger partial charge in [0, 0.05) is 10.4 Å². The van der Waals surface area contributed by atoms with Gasteiger partial charge in [-0.3, -0.25) is 4.79 Å². The number of hydrogen-bond acceptors (Lipinski definition) is 3. The fraction of sp³-hybridized carbons (Fsp3) is 0.214. The summed E-state index contributed by atoms with van der Waals surface area (Å²) in [6.07, 6.45) is -0.515. The van der Waals surface area contributed by atoms with E-state index in [9.17, 15) is 9.18 Å². The van der Waals surface area contributed by atoms with Crippen molar-refractivity contribution in [1.82, 2.24) is 5.32 Å². The number of rotatable bonds is 1. The smallest absolute Gasteiger partial charge is 0.256 e. The third kappa shape index (κ3) is 1.90.